The smallest absolute Gasteiger partial charge is 0.295 e. The van der Waals surface area contributed by atoms with Crippen molar-refractivity contribution in [2.45, 2.75) is 19.9 Å². The molecule has 1 heterocycles. The van der Waals surface area contributed by atoms with Crippen molar-refractivity contribution in [1.82, 2.24) is 14.8 Å². The zero-order valence-electron chi connectivity index (χ0n) is 13.7. The minimum atomic E-state index is -0.690. The number of nitrogens with one attached hydrogen (secondary N) is 1. The van der Waals surface area contributed by atoms with Crippen molar-refractivity contribution in [2.75, 3.05) is 5.32 Å². The molecule has 1 N–H and O–H groups in total. The van der Waals surface area contributed by atoms with Gasteiger partial charge in [-0.15, -0.1) is 5.10 Å². The summed E-state index contributed by atoms with van der Waals surface area (Å²) in [5.74, 6) is -1.33. The van der Waals surface area contributed by atoms with Crippen LogP contribution in [0.25, 0.3) is 0 Å². The van der Waals surface area contributed by atoms with E-state index in [1.807, 2.05) is 38.1 Å². The minimum absolute atomic E-state index is 0.0133. The van der Waals surface area contributed by atoms with Crippen LogP contribution in [0.4, 0.5) is 10.1 Å². The van der Waals surface area contributed by atoms with Crippen LogP contribution >= 0.6 is 11.6 Å². The predicted octanol–water partition coefficient (Wildman–Crippen LogP) is 4.24. The maximum Gasteiger partial charge on any atom is 0.295 e. The first-order valence-electron chi connectivity index (χ1n) is 7.69. The number of aromatic nitrogens is 3. The van der Waals surface area contributed by atoms with Crippen LogP contribution in [0.1, 0.15) is 34.7 Å². The van der Waals surface area contributed by atoms with Gasteiger partial charge in [0.2, 0.25) is 5.82 Å². The molecule has 2 aromatic carbocycles. The van der Waals surface area contributed by atoms with Crippen LogP contribution < -0.4 is 5.32 Å². The van der Waals surface area contributed by atoms with Crippen LogP contribution in [-0.2, 0) is 0 Å². The van der Waals surface area contributed by atoms with Crippen LogP contribution in [0.5, 0.6) is 0 Å². The van der Waals surface area contributed by atoms with Crippen LogP contribution in [0.2, 0.25) is 5.02 Å². The lowest BCUT2D eigenvalue weighted by Crippen LogP contribution is -2.16. The second-order valence-electron chi connectivity index (χ2n) is 5.69. The molecule has 0 radical (unpaired) electrons. The fraction of sp³-hybridized carbons (Fsp3) is 0.167. The van der Waals surface area contributed by atoms with Gasteiger partial charge >= 0.3 is 0 Å². The summed E-state index contributed by atoms with van der Waals surface area (Å²) >= 11 is 5.71. The molecule has 1 aromatic heterocycles. The SMILES string of the molecule is Cc1cccc([C@H](C)n2cnc(C(=O)Nc3cccc(Cl)c3F)n2)c1. The zero-order chi connectivity index (χ0) is 18.0. The quantitative estimate of drug-likeness (QED) is 0.758. The van der Waals surface area contributed by atoms with Crippen molar-refractivity contribution < 1.29 is 9.18 Å². The molecule has 0 fully saturated rings. The molecule has 3 rings (SSSR count). The van der Waals surface area contributed by atoms with Gasteiger partial charge < -0.3 is 5.32 Å². The number of hydrogen-bond acceptors (Lipinski definition) is 3. The summed E-state index contributed by atoms with van der Waals surface area (Å²) in [4.78, 5) is 16.3. The van der Waals surface area contributed by atoms with Gasteiger partial charge in [-0.3, -0.25) is 4.79 Å². The highest BCUT2D eigenvalue weighted by molar-refractivity contribution is 6.31. The lowest BCUT2D eigenvalue weighted by Gasteiger charge is -2.12. The van der Waals surface area contributed by atoms with E-state index < -0.39 is 11.7 Å². The summed E-state index contributed by atoms with van der Waals surface area (Å²) in [5, 5.41) is 6.57. The third-order valence-electron chi connectivity index (χ3n) is 3.83. The Morgan fingerprint density at radius 1 is 1.28 bits per heavy atom. The fourth-order valence-electron chi connectivity index (χ4n) is 2.43. The lowest BCUT2D eigenvalue weighted by molar-refractivity contribution is 0.101. The third-order valence-corrected chi connectivity index (χ3v) is 4.12. The van der Waals surface area contributed by atoms with Crippen LogP contribution in [0.3, 0.4) is 0 Å². The van der Waals surface area contributed by atoms with Crippen LogP contribution in [0, 0.1) is 12.7 Å². The normalized spacial score (nSPS) is 12.0. The van der Waals surface area contributed by atoms with E-state index in [0.717, 1.165) is 11.1 Å². The van der Waals surface area contributed by atoms with Crippen molar-refractivity contribution in [2.24, 2.45) is 0 Å². The number of nitrogens with zero attached hydrogens (tertiary/aromatic N) is 3. The standard InChI is InChI=1S/C18H16ClFN4O/c1-11-5-3-6-13(9-11)12(2)24-10-21-17(23-24)18(25)22-15-8-4-7-14(19)16(15)20/h3-10,12H,1-2H3,(H,22,25)/t12-/m0/s1. The Morgan fingerprint density at radius 3 is 2.80 bits per heavy atom. The molecule has 0 bridgehead atoms. The van der Waals surface area contributed by atoms with E-state index in [1.165, 1.54) is 18.5 Å². The molecule has 1 atom stereocenters. The Labute approximate surface area is 149 Å². The second kappa shape index (κ2) is 7.03. The molecule has 7 heteroatoms. The Hall–Kier alpha value is -2.73. The largest absolute Gasteiger partial charge is 0.317 e. The summed E-state index contributed by atoms with van der Waals surface area (Å²) in [7, 11) is 0. The molecule has 1 amide bonds. The molecular weight excluding hydrogens is 343 g/mol. The van der Waals surface area contributed by atoms with Crippen molar-refractivity contribution in [1.29, 1.82) is 0 Å². The minimum Gasteiger partial charge on any atom is -0.317 e. The molecule has 0 saturated carbocycles. The first-order valence-corrected chi connectivity index (χ1v) is 8.06. The number of carbonyl (C=O) groups excluding carboxylic acids is 1. The van der Waals surface area contributed by atoms with Crippen molar-refractivity contribution >= 4 is 23.2 Å². The monoisotopic (exact) mass is 358 g/mol. The molecule has 0 aliphatic rings. The average Bonchev–Trinajstić information content (AvgIpc) is 3.08. The van der Waals surface area contributed by atoms with Crippen molar-refractivity contribution in [3.05, 3.63) is 76.6 Å². The fourth-order valence-corrected chi connectivity index (χ4v) is 2.60. The molecule has 0 unspecified atom stereocenters. The van der Waals surface area contributed by atoms with E-state index >= 15 is 0 Å². The number of aryl methyl sites for hydroxylation is 1. The molecular formula is C18H16ClFN4O. The van der Waals surface area contributed by atoms with Gasteiger partial charge in [-0.25, -0.2) is 14.1 Å². The molecule has 0 spiro atoms. The van der Waals surface area contributed by atoms with E-state index in [-0.39, 0.29) is 22.6 Å². The average molecular weight is 359 g/mol. The zero-order valence-corrected chi connectivity index (χ0v) is 14.5. The molecule has 25 heavy (non-hydrogen) atoms. The molecule has 128 valence electrons. The van der Waals surface area contributed by atoms with Gasteiger partial charge in [-0.2, -0.15) is 0 Å². The van der Waals surface area contributed by atoms with Gasteiger partial charge in [0.15, 0.2) is 5.82 Å². The van der Waals surface area contributed by atoms with Crippen LogP contribution in [0.15, 0.2) is 48.8 Å². The Morgan fingerprint density at radius 2 is 2.04 bits per heavy atom. The summed E-state index contributed by atoms with van der Waals surface area (Å²) in [5.41, 5.74) is 2.18. The number of hydrogen-bond donors (Lipinski definition) is 1. The number of amides is 1. The number of benzene rings is 2. The maximum absolute atomic E-state index is 13.9. The van der Waals surface area contributed by atoms with E-state index in [0.29, 0.717) is 0 Å². The van der Waals surface area contributed by atoms with Crippen molar-refractivity contribution in [3.63, 3.8) is 0 Å². The summed E-state index contributed by atoms with van der Waals surface area (Å²) in [6.07, 6.45) is 1.48. The Balaban J connectivity index is 1.79. The number of carbonyl (C=O) groups is 1. The maximum atomic E-state index is 13.9. The van der Waals surface area contributed by atoms with E-state index in [4.69, 9.17) is 11.6 Å². The number of anilines is 1. The lowest BCUT2D eigenvalue weighted by atomic mass is 10.1. The van der Waals surface area contributed by atoms with E-state index in [9.17, 15) is 9.18 Å². The molecule has 0 saturated heterocycles. The highest BCUT2D eigenvalue weighted by Crippen LogP contribution is 2.22. The second-order valence-corrected chi connectivity index (χ2v) is 6.10. The summed E-state index contributed by atoms with van der Waals surface area (Å²) in [6.45, 7) is 3.97. The highest BCUT2D eigenvalue weighted by atomic mass is 35.5. The first kappa shape index (κ1) is 17.1. The Bertz CT molecular complexity index is 925. The van der Waals surface area contributed by atoms with Gasteiger partial charge in [-0.1, -0.05) is 47.5 Å². The third kappa shape index (κ3) is 3.69. The first-order chi connectivity index (χ1) is 12.0. The van der Waals surface area contributed by atoms with Gasteiger partial charge in [0, 0.05) is 0 Å². The van der Waals surface area contributed by atoms with Gasteiger partial charge in [-0.05, 0) is 31.5 Å². The Kier molecular flexibility index (Phi) is 4.81. The number of rotatable bonds is 4. The van der Waals surface area contributed by atoms with Crippen LogP contribution in [-0.4, -0.2) is 20.7 Å². The number of halogens is 2. The topological polar surface area (TPSA) is 59.8 Å². The van der Waals surface area contributed by atoms with Gasteiger partial charge in [0.1, 0.15) is 6.33 Å². The van der Waals surface area contributed by atoms with Crippen molar-refractivity contribution in [3.8, 4) is 0 Å². The van der Waals surface area contributed by atoms with Gasteiger partial charge in [0.05, 0.1) is 16.8 Å². The predicted molar refractivity (Wildman–Crippen MR) is 94.4 cm³/mol. The summed E-state index contributed by atoms with van der Waals surface area (Å²) < 4.78 is 15.5. The van der Waals surface area contributed by atoms with E-state index in [1.54, 1.807) is 10.7 Å². The molecule has 3 aromatic rings. The summed E-state index contributed by atoms with van der Waals surface area (Å²) in [6, 6.07) is 12.3. The highest BCUT2D eigenvalue weighted by Gasteiger charge is 2.17. The van der Waals surface area contributed by atoms with Gasteiger partial charge in [0.25, 0.3) is 5.91 Å². The molecule has 0 aliphatic carbocycles. The van der Waals surface area contributed by atoms with E-state index in [2.05, 4.69) is 15.4 Å². The molecule has 0 aliphatic heterocycles. The molecule has 5 nitrogen and oxygen atoms in total.